The molecule has 0 atom stereocenters. The van der Waals surface area contributed by atoms with Gasteiger partial charge in [0.15, 0.2) is 0 Å². The number of hydrogen-bond acceptors (Lipinski definition) is 3. The van der Waals surface area contributed by atoms with Crippen LogP contribution in [0.3, 0.4) is 0 Å². The minimum absolute atomic E-state index is 0.502. The third-order valence-electron chi connectivity index (χ3n) is 2.85. The van der Waals surface area contributed by atoms with Gasteiger partial charge in [-0.2, -0.15) is 0 Å². The maximum atomic E-state index is 5.82. The molecule has 1 N–H and O–H groups in total. The van der Waals surface area contributed by atoms with Crippen molar-refractivity contribution in [3.8, 4) is 0 Å². The van der Waals surface area contributed by atoms with E-state index in [-0.39, 0.29) is 0 Å². The van der Waals surface area contributed by atoms with E-state index < -0.39 is 0 Å². The quantitative estimate of drug-likeness (QED) is 0.675. The monoisotopic (exact) mass is 214 g/mol. The first-order valence-electron chi connectivity index (χ1n) is 6.19. The molecule has 3 heteroatoms. The second kappa shape index (κ2) is 7.20. The second-order valence-electron chi connectivity index (χ2n) is 4.97. The molecule has 0 bridgehead atoms. The first-order valence-corrected chi connectivity index (χ1v) is 6.19. The molecular formula is C12H26N2O. The smallest absolute Gasteiger partial charge is 0.0600 e. The summed E-state index contributed by atoms with van der Waals surface area (Å²) < 4.78 is 5.82. The van der Waals surface area contributed by atoms with E-state index >= 15 is 0 Å². The van der Waals surface area contributed by atoms with Crippen LogP contribution in [-0.2, 0) is 4.74 Å². The van der Waals surface area contributed by atoms with Crippen molar-refractivity contribution in [3.05, 3.63) is 0 Å². The summed E-state index contributed by atoms with van der Waals surface area (Å²) in [6, 6.07) is 0. The van der Waals surface area contributed by atoms with E-state index in [1.807, 2.05) is 0 Å². The first kappa shape index (κ1) is 12.9. The van der Waals surface area contributed by atoms with Crippen molar-refractivity contribution in [2.75, 3.05) is 39.8 Å². The zero-order valence-electron chi connectivity index (χ0n) is 10.5. The van der Waals surface area contributed by atoms with E-state index in [1.54, 1.807) is 0 Å². The molecule has 0 radical (unpaired) electrons. The third kappa shape index (κ3) is 6.13. The highest BCUT2D eigenvalue weighted by Crippen LogP contribution is 2.11. The van der Waals surface area contributed by atoms with E-state index in [1.165, 1.54) is 25.9 Å². The van der Waals surface area contributed by atoms with Crippen LogP contribution in [0.1, 0.15) is 26.7 Å². The van der Waals surface area contributed by atoms with Gasteiger partial charge in [-0.3, -0.25) is 0 Å². The summed E-state index contributed by atoms with van der Waals surface area (Å²) in [5, 5.41) is 3.40. The van der Waals surface area contributed by atoms with Crippen LogP contribution >= 0.6 is 0 Å². The molecule has 0 aromatic heterocycles. The zero-order chi connectivity index (χ0) is 11.1. The van der Waals surface area contributed by atoms with Gasteiger partial charge in [0.25, 0.3) is 0 Å². The molecule has 0 aromatic rings. The molecule has 0 aliphatic carbocycles. The highest BCUT2D eigenvalue weighted by molar-refractivity contribution is 4.69. The Morgan fingerprint density at radius 3 is 2.60 bits per heavy atom. The summed E-state index contributed by atoms with van der Waals surface area (Å²) in [5.41, 5.74) is 0. The molecule has 1 fully saturated rings. The molecule has 0 aromatic carbocycles. The van der Waals surface area contributed by atoms with Crippen molar-refractivity contribution in [2.24, 2.45) is 5.92 Å². The van der Waals surface area contributed by atoms with Crippen LogP contribution in [0.15, 0.2) is 0 Å². The van der Waals surface area contributed by atoms with Crippen LogP contribution in [-0.4, -0.2) is 50.8 Å². The van der Waals surface area contributed by atoms with Gasteiger partial charge < -0.3 is 15.0 Å². The molecule has 90 valence electrons. The molecule has 1 aliphatic heterocycles. The van der Waals surface area contributed by atoms with E-state index in [2.05, 4.69) is 31.1 Å². The van der Waals surface area contributed by atoms with Gasteiger partial charge in [0, 0.05) is 19.6 Å². The Hall–Kier alpha value is -0.120. The molecule has 0 amide bonds. The van der Waals surface area contributed by atoms with Gasteiger partial charge in [-0.1, -0.05) is 13.8 Å². The number of nitrogens with one attached hydrogen (secondary N) is 1. The average molecular weight is 214 g/mol. The maximum absolute atomic E-state index is 5.82. The summed E-state index contributed by atoms with van der Waals surface area (Å²) in [7, 11) is 2.18. The predicted molar refractivity (Wildman–Crippen MR) is 64.2 cm³/mol. The normalized spacial score (nSPS) is 20.0. The van der Waals surface area contributed by atoms with Gasteiger partial charge in [0.05, 0.1) is 12.7 Å². The molecule has 3 nitrogen and oxygen atoms in total. The van der Waals surface area contributed by atoms with Crippen LogP contribution in [0.4, 0.5) is 0 Å². The standard InChI is InChI=1S/C12H26N2O/c1-11(2)10-13-6-9-15-12-4-7-14(3)8-5-12/h11-13H,4-10H2,1-3H3. The first-order chi connectivity index (χ1) is 7.18. The Kier molecular flexibility index (Phi) is 6.22. The van der Waals surface area contributed by atoms with Crippen molar-refractivity contribution in [1.82, 2.24) is 10.2 Å². The van der Waals surface area contributed by atoms with Crippen LogP contribution in [0.25, 0.3) is 0 Å². The Balaban J connectivity index is 1.91. The van der Waals surface area contributed by atoms with Crippen LogP contribution < -0.4 is 5.32 Å². The van der Waals surface area contributed by atoms with Gasteiger partial charge in [0.2, 0.25) is 0 Å². The molecule has 15 heavy (non-hydrogen) atoms. The maximum Gasteiger partial charge on any atom is 0.0600 e. The summed E-state index contributed by atoms with van der Waals surface area (Å²) in [5.74, 6) is 0.730. The van der Waals surface area contributed by atoms with Gasteiger partial charge in [0.1, 0.15) is 0 Å². The molecule has 0 spiro atoms. The largest absolute Gasteiger partial charge is 0.377 e. The average Bonchev–Trinajstić information content (AvgIpc) is 2.20. The Morgan fingerprint density at radius 2 is 2.00 bits per heavy atom. The molecule has 1 heterocycles. The molecule has 1 rings (SSSR count). The van der Waals surface area contributed by atoms with Gasteiger partial charge in [-0.25, -0.2) is 0 Å². The van der Waals surface area contributed by atoms with E-state index in [4.69, 9.17) is 4.74 Å². The fourth-order valence-corrected chi connectivity index (χ4v) is 1.84. The van der Waals surface area contributed by atoms with Crippen molar-refractivity contribution >= 4 is 0 Å². The fourth-order valence-electron chi connectivity index (χ4n) is 1.84. The van der Waals surface area contributed by atoms with Crippen molar-refractivity contribution < 1.29 is 4.74 Å². The number of hydrogen-bond donors (Lipinski definition) is 1. The number of ether oxygens (including phenoxy) is 1. The lowest BCUT2D eigenvalue weighted by atomic mass is 10.1. The van der Waals surface area contributed by atoms with E-state index in [0.717, 1.165) is 25.6 Å². The Bertz CT molecular complexity index is 154. The molecular weight excluding hydrogens is 188 g/mol. The lowest BCUT2D eigenvalue weighted by molar-refractivity contribution is 0.0141. The van der Waals surface area contributed by atoms with Crippen LogP contribution in [0, 0.1) is 5.92 Å². The summed E-state index contributed by atoms with van der Waals surface area (Å²) in [6.45, 7) is 9.77. The lowest BCUT2D eigenvalue weighted by Crippen LogP contribution is -2.35. The van der Waals surface area contributed by atoms with E-state index in [0.29, 0.717) is 6.10 Å². The third-order valence-corrected chi connectivity index (χ3v) is 2.85. The molecule has 1 saturated heterocycles. The Morgan fingerprint density at radius 1 is 1.33 bits per heavy atom. The van der Waals surface area contributed by atoms with Crippen LogP contribution in [0.2, 0.25) is 0 Å². The highest BCUT2D eigenvalue weighted by Gasteiger charge is 2.16. The SMILES string of the molecule is CC(C)CNCCOC1CCN(C)CC1. The minimum Gasteiger partial charge on any atom is -0.377 e. The Labute approximate surface area is 94.2 Å². The predicted octanol–water partition coefficient (Wildman–Crippen LogP) is 1.34. The van der Waals surface area contributed by atoms with Gasteiger partial charge >= 0.3 is 0 Å². The number of likely N-dealkylation sites (tertiary alicyclic amines) is 1. The second-order valence-corrected chi connectivity index (χ2v) is 4.97. The zero-order valence-corrected chi connectivity index (χ0v) is 10.5. The summed E-state index contributed by atoms with van der Waals surface area (Å²) in [4.78, 5) is 2.37. The topological polar surface area (TPSA) is 24.5 Å². The van der Waals surface area contributed by atoms with Gasteiger partial charge in [-0.15, -0.1) is 0 Å². The van der Waals surface area contributed by atoms with E-state index in [9.17, 15) is 0 Å². The highest BCUT2D eigenvalue weighted by atomic mass is 16.5. The van der Waals surface area contributed by atoms with Crippen molar-refractivity contribution in [2.45, 2.75) is 32.8 Å². The molecule has 0 unspecified atom stereocenters. The van der Waals surface area contributed by atoms with Crippen molar-refractivity contribution in [1.29, 1.82) is 0 Å². The summed E-state index contributed by atoms with van der Waals surface area (Å²) in [6.07, 6.45) is 2.89. The van der Waals surface area contributed by atoms with Gasteiger partial charge in [-0.05, 0) is 32.4 Å². The number of piperidine rings is 1. The minimum atomic E-state index is 0.502. The number of nitrogens with zero attached hydrogens (tertiary/aromatic N) is 1. The lowest BCUT2D eigenvalue weighted by Gasteiger charge is -2.28. The van der Waals surface area contributed by atoms with Crippen molar-refractivity contribution in [3.63, 3.8) is 0 Å². The van der Waals surface area contributed by atoms with Crippen LogP contribution in [0.5, 0.6) is 0 Å². The summed E-state index contributed by atoms with van der Waals surface area (Å²) >= 11 is 0. The molecule has 0 saturated carbocycles. The number of rotatable bonds is 6. The fraction of sp³-hybridized carbons (Fsp3) is 1.00. The molecule has 1 aliphatic rings.